The first-order valence-corrected chi connectivity index (χ1v) is 19.9. The molecule has 4 aliphatic carbocycles. The fourth-order valence-electron chi connectivity index (χ4n) is 12.5. The lowest BCUT2D eigenvalue weighted by molar-refractivity contribution is -0.254. The SMILES string of the molecule is CC(C)[C@@H](C)[C@@]1(C)CC[C@]2(C)[C@H]3CC[C@@H]4[C@@]5(C)COC[C@@]4(C3=CC[C@@]2(C)[C@@H]1C(=O)O)[C@@H](OC[C@](C)(N)C(C)C)[C@H](n1cnc(-c2cnccn2)n1)C5. The van der Waals surface area contributed by atoms with Gasteiger partial charge in [-0.2, -0.15) is 0 Å². The van der Waals surface area contributed by atoms with E-state index in [-0.39, 0.29) is 40.2 Å². The third kappa shape index (κ3) is 5.30. The molecule has 0 radical (unpaired) electrons. The predicted molar refractivity (Wildman–Crippen MR) is 201 cm³/mol. The summed E-state index contributed by atoms with van der Waals surface area (Å²) in [5, 5.41) is 16.2. The molecule has 0 amide bonds. The summed E-state index contributed by atoms with van der Waals surface area (Å²) in [6, 6.07) is -0.111. The molecule has 12 atom stereocenters. The number of nitrogens with two attached hydrogens (primary N) is 1. The van der Waals surface area contributed by atoms with E-state index in [1.54, 1.807) is 18.6 Å². The number of hydrogen-bond donors (Lipinski definition) is 2. The molecule has 286 valence electrons. The van der Waals surface area contributed by atoms with Gasteiger partial charge in [0.05, 0.1) is 44.1 Å². The van der Waals surface area contributed by atoms with E-state index >= 15 is 0 Å². The summed E-state index contributed by atoms with van der Waals surface area (Å²) in [6.45, 7) is 24.3. The van der Waals surface area contributed by atoms with Gasteiger partial charge in [0.15, 0.2) is 0 Å². The lowest BCUT2D eigenvalue weighted by Crippen LogP contribution is -2.70. The molecule has 3 heterocycles. The van der Waals surface area contributed by atoms with Crippen LogP contribution in [0.15, 0.2) is 36.6 Å². The molecule has 1 saturated heterocycles. The molecule has 52 heavy (non-hydrogen) atoms. The highest BCUT2D eigenvalue weighted by Gasteiger charge is 2.72. The first kappa shape index (κ1) is 37.6. The third-order valence-electron chi connectivity index (χ3n) is 16.5. The summed E-state index contributed by atoms with van der Waals surface area (Å²) in [4.78, 5) is 27.1. The first-order chi connectivity index (χ1) is 24.4. The maximum absolute atomic E-state index is 13.6. The highest BCUT2D eigenvalue weighted by molar-refractivity contribution is 5.73. The van der Waals surface area contributed by atoms with Gasteiger partial charge in [-0.15, -0.1) is 5.10 Å². The average molecular weight is 717 g/mol. The zero-order valence-corrected chi connectivity index (χ0v) is 33.4. The topological polar surface area (TPSA) is 138 Å². The molecule has 4 fully saturated rings. The minimum atomic E-state index is -0.638. The smallest absolute Gasteiger partial charge is 0.307 e. The van der Waals surface area contributed by atoms with Crippen LogP contribution in [0.4, 0.5) is 0 Å². The Bertz CT molecular complexity index is 1690. The Labute approximate surface area is 311 Å². The van der Waals surface area contributed by atoms with E-state index in [4.69, 9.17) is 25.3 Å². The molecule has 0 aromatic carbocycles. The van der Waals surface area contributed by atoms with Crippen LogP contribution in [0.25, 0.3) is 11.5 Å². The zero-order valence-electron chi connectivity index (χ0n) is 33.4. The molecule has 1 aliphatic heterocycles. The number of nitrogens with zero attached hydrogens (tertiary/aromatic N) is 5. The largest absolute Gasteiger partial charge is 0.481 e. The van der Waals surface area contributed by atoms with E-state index in [2.05, 4.69) is 85.3 Å². The van der Waals surface area contributed by atoms with Gasteiger partial charge in [0.1, 0.15) is 12.0 Å². The molecule has 2 bridgehead atoms. The van der Waals surface area contributed by atoms with E-state index < -0.39 is 28.3 Å². The van der Waals surface area contributed by atoms with Crippen molar-refractivity contribution in [3.05, 3.63) is 36.6 Å². The Morgan fingerprint density at radius 1 is 1.08 bits per heavy atom. The van der Waals surface area contributed by atoms with Crippen LogP contribution in [0.1, 0.15) is 114 Å². The van der Waals surface area contributed by atoms with Crippen LogP contribution in [0.5, 0.6) is 0 Å². The molecule has 3 saturated carbocycles. The van der Waals surface area contributed by atoms with E-state index in [0.717, 1.165) is 38.5 Å². The van der Waals surface area contributed by atoms with E-state index in [1.165, 1.54) is 5.57 Å². The van der Waals surface area contributed by atoms with Crippen LogP contribution < -0.4 is 5.73 Å². The standard InChI is InChI=1S/C42H64N6O4/c1-25(2)27(5)38(7)15-16-39(8)28-11-12-32-37(6)19-31(48-24-46-35(47-48)30-20-44-17-18-45-30)34(52-22-41(10,43)26(3)4)42(32,23-51-21-37)29(28)13-14-40(39,9)33(38)36(49)50/h13,17-18,20,24-28,31-34H,11-12,14-16,19,21-23,43H2,1-10H3,(H,49,50)/t27-,28+,31-,32-,33-,34+,37-,38-,39-,40+,41+,42+/m1/s1. The van der Waals surface area contributed by atoms with Crippen LogP contribution in [-0.4, -0.2) is 67.3 Å². The van der Waals surface area contributed by atoms with Gasteiger partial charge in [0.2, 0.25) is 5.82 Å². The summed E-state index contributed by atoms with van der Waals surface area (Å²) in [5.41, 5.74) is 7.08. The van der Waals surface area contributed by atoms with Crippen LogP contribution in [0, 0.1) is 62.6 Å². The molecule has 5 aliphatic rings. The van der Waals surface area contributed by atoms with Crippen molar-refractivity contribution in [3.8, 4) is 11.5 Å². The lowest BCUT2D eigenvalue weighted by atomic mass is 9.34. The maximum Gasteiger partial charge on any atom is 0.307 e. The Morgan fingerprint density at radius 2 is 1.83 bits per heavy atom. The van der Waals surface area contributed by atoms with Gasteiger partial charge in [-0.05, 0) is 96.7 Å². The number of carbonyl (C=O) groups is 1. The molecular weight excluding hydrogens is 652 g/mol. The summed E-state index contributed by atoms with van der Waals surface area (Å²) >= 11 is 0. The monoisotopic (exact) mass is 716 g/mol. The molecule has 2 aromatic heterocycles. The number of fused-ring (bicyclic) bond motifs is 3. The number of aromatic nitrogens is 5. The third-order valence-corrected chi connectivity index (χ3v) is 16.5. The second-order valence-corrected chi connectivity index (χ2v) is 19.7. The van der Waals surface area contributed by atoms with Crippen LogP contribution >= 0.6 is 0 Å². The van der Waals surface area contributed by atoms with Crippen LogP contribution in [0.3, 0.4) is 0 Å². The van der Waals surface area contributed by atoms with E-state index in [0.29, 0.717) is 49.1 Å². The van der Waals surface area contributed by atoms with Crippen molar-refractivity contribution >= 4 is 5.97 Å². The fraction of sp³-hybridized carbons (Fsp3) is 0.786. The van der Waals surface area contributed by atoms with Gasteiger partial charge in [-0.3, -0.25) is 9.78 Å². The van der Waals surface area contributed by atoms with Crippen molar-refractivity contribution in [3.63, 3.8) is 0 Å². The minimum absolute atomic E-state index is 0.111. The zero-order chi connectivity index (χ0) is 37.6. The van der Waals surface area contributed by atoms with Gasteiger partial charge in [0, 0.05) is 23.3 Å². The lowest BCUT2D eigenvalue weighted by Gasteiger charge is -2.71. The first-order valence-electron chi connectivity index (χ1n) is 19.9. The number of rotatable bonds is 9. The predicted octanol–water partition coefficient (Wildman–Crippen LogP) is 7.62. The molecule has 3 N–H and O–H groups in total. The Morgan fingerprint density at radius 3 is 2.48 bits per heavy atom. The Kier molecular flexibility index (Phi) is 9.18. The quantitative estimate of drug-likeness (QED) is 0.251. The summed E-state index contributed by atoms with van der Waals surface area (Å²) < 4.78 is 16.1. The summed E-state index contributed by atoms with van der Waals surface area (Å²) in [7, 11) is 0. The Hall–Kier alpha value is -2.69. The Balaban J connectivity index is 1.38. The fourth-order valence-corrected chi connectivity index (χ4v) is 12.5. The number of hydrogen-bond acceptors (Lipinski definition) is 8. The van der Waals surface area contributed by atoms with Gasteiger partial charge in [-0.25, -0.2) is 14.6 Å². The van der Waals surface area contributed by atoms with Crippen molar-refractivity contribution in [1.29, 1.82) is 0 Å². The average Bonchev–Trinajstić information content (AvgIpc) is 3.58. The molecule has 7 rings (SSSR count). The molecule has 10 nitrogen and oxygen atoms in total. The number of ether oxygens (including phenoxy) is 2. The summed E-state index contributed by atoms with van der Waals surface area (Å²) in [6.07, 6.45) is 14.7. The van der Waals surface area contributed by atoms with E-state index in [1.807, 2.05) is 11.0 Å². The van der Waals surface area contributed by atoms with Crippen molar-refractivity contribution in [2.75, 3.05) is 19.8 Å². The minimum Gasteiger partial charge on any atom is -0.481 e. The number of aliphatic carboxylic acids is 1. The normalized spacial score (nSPS) is 41.7. The number of carboxylic acid groups (broad SMARTS) is 1. The second kappa shape index (κ2) is 12.7. The highest BCUT2D eigenvalue weighted by Crippen LogP contribution is 2.75. The van der Waals surface area contributed by atoms with Crippen molar-refractivity contribution in [1.82, 2.24) is 24.7 Å². The van der Waals surface area contributed by atoms with Gasteiger partial charge < -0.3 is 20.3 Å². The van der Waals surface area contributed by atoms with Crippen LogP contribution in [0.2, 0.25) is 0 Å². The van der Waals surface area contributed by atoms with Gasteiger partial charge in [0.25, 0.3) is 0 Å². The van der Waals surface area contributed by atoms with Gasteiger partial charge in [-0.1, -0.05) is 74.0 Å². The van der Waals surface area contributed by atoms with Gasteiger partial charge >= 0.3 is 5.97 Å². The molecule has 0 unspecified atom stereocenters. The van der Waals surface area contributed by atoms with Crippen molar-refractivity contribution in [2.24, 2.45) is 68.3 Å². The highest BCUT2D eigenvalue weighted by atomic mass is 16.5. The molecule has 0 spiro atoms. The number of allylic oxidation sites excluding steroid dienone is 1. The van der Waals surface area contributed by atoms with Crippen molar-refractivity contribution < 1.29 is 19.4 Å². The molecular formula is C42H64N6O4. The van der Waals surface area contributed by atoms with Crippen molar-refractivity contribution in [2.45, 2.75) is 125 Å². The van der Waals surface area contributed by atoms with Crippen LogP contribution in [-0.2, 0) is 14.3 Å². The number of carboxylic acids is 1. The molecule has 2 aromatic rings. The van der Waals surface area contributed by atoms with E-state index in [9.17, 15) is 9.90 Å². The summed E-state index contributed by atoms with van der Waals surface area (Å²) in [5.74, 6) is 0.952. The maximum atomic E-state index is 13.6. The second-order valence-electron chi connectivity index (χ2n) is 19.7. The molecule has 10 heteroatoms.